The maximum atomic E-state index is 13.2. The van der Waals surface area contributed by atoms with E-state index in [4.69, 9.17) is 0 Å². The standard InChI is InChI=1S/C13H12BrFS/c1-8-6-10(15)7-9(2)12(8)13(14)11-4-3-5-16-11/h3-7,13H,1-2H3. The van der Waals surface area contributed by atoms with E-state index >= 15 is 0 Å². The lowest BCUT2D eigenvalue weighted by molar-refractivity contribution is 0.624. The number of hydrogen-bond acceptors (Lipinski definition) is 1. The van der Waals surface area contributed by atoms with Gasteiger partial charge in [0, 0.05) is 4.88 Å². The Labute approximate surface area is 107 Å². The Balaban J connectivity index is 2.48. The van der Waals surface area contributed by atoms with Crippen molar-refractivity contribution in [3.8, 4) is 0 Å². The van der Waals surface area contributed by atoms with Gasteiger partial charge < -0.3 is 0 Å². The van der Waals surface area contributed by atoms with E-state index in [0.29, 0.717) is 0 Å². The minimum absolute atomic E-state index is 0.160. The molecule has 0 N–H and O–H groups in total. The molecule has 0 bridgehead atoms. The molecule has 0 saturated heterocycles. The predicted octanol–water partition coefficient (Wildman–Crippen LogP) is 4.99. The molecule has 0 nitrogen and oxygen atoms in total. The van der Waals surface area contributed by atoms with Crippen molar-refractivity contribution in [2.24, 2.45) is 0 Å². The molecule has 16 heavy (non-hydrogen) atoms. The monoisotopic (exact) mass is 298 g/mol. The van der Waals surface area contributed by atoms with Crippen LogP contribution in [0, 0.1) is 19.7 Å². The molecule has 0 fully saturated rings. The van der Waals surface area contributed by atoms with Crippen LogP contribution >= 0.6 is 27.3 Å². The zero-order chi connectivity index (χ0) is 11.7. The Kier molecular flexibility index (Phi) is 3.45. The number of thiophene rings is 1. The summed E-state index contributed by atoms with van der Waals surface area (Å²) in [7, 11) is 0. The summed E-state index contributed by atoms with van der Waals surface area (Å²) < 4.78 is 13.2. The van der Waals surface area contributed by atoms with Gasteiger partial charge >= 0.3 is 0 Å². The van der Waals surface area contributed by atoms with Crippen LogP contribution in [0.1, 0.15) is 26.4 Å². The van der Waals surface area contributed by atoms with E-state index in [0.717, 1.165) is 11.1 Å². The van der Waals surface area contributed by atoms with Gasteiger partial charge in [0.15, 0.2) is 0 Å². The smallest absolute Gasteiger partial charge is 0.123 e. The summed E-state index contributed by atoms with van der Waals surface area (Å²) in [5.74, 6) is -0.162. The maximum absolute atomic E-state index is 13.2. The van der Waals surface area contributed by atoms with Gasteiger partial charge in [-0.3, -0.25) is 0 Å². The number of hydrogen-bond donors (Lipinski definition) is 0. The van der Waals surface area contributed by atoms with Crippen molar-refractivity contribution in [1.82, 2.24) is 0 Å². The fraction of sp³-hybridized carbons (Fsp3) is 0.231. The van der Waals surface area contributed by atoms with Gasteiger partial charge in [0.05, 0.1) is 4.83 Å². The maximum Gasteiger partial charge on any atom is 0.123 e. The molecule has 2 rings (SSSR count). The molecule has 1 aromatic heterocycles. The summed E-state index contributed by atoms with van der Waals surface area (Å²) in [4.78, 5) is 1.41. The fourth-order valence-electron chi connectivity index (χ4n) is 1.90. The summed E-state index contributed by atoms with van der Waals surface area (Å²) in [5, 5.41) is 2.05. The Bertz CT molecular complexity index is 468. The highest BCUT2D eigenvalue weighted by atomic mass is 79.9. The summed E-state index contributed by atoms with van der Waals surface area (Å²) in [6.45, 7) is 3.90. The molecular weight excluding hydrogens is 287 g/mol. The van der Waals surface area contributed by atoms with Gasteiger partial charge in [-0.05, 0) is 54.1 Å². The first-order valence-corrected chi connectivity index (χ1v) is 6.83. The number of halogens is 2. The highest BCUT2D eigenvalue weighted by Crippen LogP contribution is 2.37. The van der Waals surface area contributed by atoms with Crippen molar-refractivity contribution in [2.45, 2.75) is 18.7 Å². The molecule has 1 atom stereocenters. The molecule has 0 saturated carbocycles. The van der Waals surface area contributed by atoms with Crippen molar-refractivity contribution in [1.29, 1.82) is 0 Å². The quantitative estimate of drug-likeness (QED) is 0.685. The van der Waals surface area contributed by atoms with E-state index in [1.807, 2.05) is 19.9 Å². The predicted molar refractivity (Wildman–Crippen MR) is 71.0 cm³/mol. The molecular formula is C13H12BrFS. The second-order valence-electron chi connectivity index (χ2n) is 3.83. The largest absolute Gasteiger partial charge is 0.207 e. The van der Waals surface area contributed by atoms with Crippen LogP contribution < -0.4 is 0 Å². The van der Waals surface area contributed by atoms with Crippen molar-refractivity contribution in [3.05, 3.63) is 57.0 Å². The molecule has 0 aliphatic rings. The average Bonchev–Trinajstić information content (AvgIpc) is 2.67. The Morgan fingerprint density at radius 2 is 1.88 bits per heavy atom. The van der Waals surface area contributed by atoms with Gasteiger partial charge in [0.2, 0.25) is 0 Å². The zero-order valence-corrected chi connectivity index (χ0v) is 11.5. The van der Waals surface area contributed by atoms with E-state index in [1.54, 1.807) is 23.5 Å². The highest BCUT2D eigenvalue weighted by molar-refractivity contribution is 9.09. The number of rotatable bonds is 2. The third-order valence-corrected chi connectivity index (χ3v) is 4.80. The van der Waals surface area contributed by atoms with E-state index in [9.17, 15) is 4.39 Å². The first-order valence-electron chi connectivity index (χ1n) is 5.03. The number of aryl methyl sites for hydroxylation is 2. The number of alkyl halides is 1. The molecule has 1 heterocycles. The van der Waals surface area contributed by atoms with E-state index in [1.165, 1.54) is 10.4 Å². The van der Waals surface area contributed by atoms with Crippen molar-refractivity contribution >= 4 is 27.3 Å². The van der Waals surface area contributed by atoms with E-state index < -0.39 is 0 Å². The normalized spacial score (nSPS) is 12.8. The van der Waals surface area contributed by atoms with Gasteiger partial charge in [-0.25, -0.2) is 4.39 Å². The summed E-state index contributed by atoms with van der Waals surface area (Å²) >= 11 is 5.39. The molecule has 84 valence electrons. The summed E-state index contributed by atoms with van der Waals surface area (Å²) in [6, 6.07) is 7.29. The fourth-order valence-corrected chi connectivity index (χ4v) is 3.81. The molecule has 0 aliphatic carbocycles. The third-order valence-electron chi connectivity index (χ3n) is 2.60. The lowest BCUT2D eigenvalue weighted by atomic mass is 9.99. The van der Waals surface area contributed by atoms with Gasteiger partial charge in [0.1, 0.15) is 5.82 Å². The summed E-state index contributed by atoms with van der Waals surface area (Å²) in [6.07, 6.45) is 0. The molecule has 0 spiro atoms. The third kappa shape index (κ3) is 2.20. The second-order valence-corrected chi connectivity index (χ2v) is 5.73. The van der Waals surface area contributed by atoms with Crippen molar-refractivity contribution < 1.29 is 4.39 Å². The molecule has 0 aliphatic heterocycles. The minimum Gasteiger partial charge on any atom is -0.207 e. The van der Waals surface area contributed by atoms with Crippen LogP contribution in [0.5, 0.6) is 0 Å². The van der Waals surface area contributed by atoms with Gasteiger partial charge in [0.25, 0.3) is 0 Å². The van der Waals surface area contributed by atoms with Crippen LogP contribution in [0.2, 0.25) is 0 Å². The van der Waals surface area contributed by atoms with Crippen molar-refractivity contribution in [2.75, 3.05) is 0 Å². The molecule has 1 aromatic carbocycles. The van der Waals surface area contributed by atoms with E-state index in [2.05, 4.69) is 27.4 Å². The topological polar surface area (TPSA) is 0 Å². The van der Waals surface area contributed by atoms with Crippen LogP contribution in [0.15, 0.2) is 29.6 Å². The molecule has 3 heteroatoms. The minimum atomic E-state index is -0.162. The first kappa shape index (κ1) is 11.8. The van der Waals surface area contributed by atoms with Crippen LogP contribution in [0.25, 0.3) is 0 Å². The van der Waals surface area contributed by atoms with Gasteiger partial charge in [-0.1, -0.05) is 22.0 Å². The highest BCUT2D eigenvalue weighted by Gasteiger charge is 2.16. The second kappa shape index (κ2) is 4.68. The SMILES string of the molecule is Cc1cc(F)cc(C)c1C(Br)c1cccs1. The first-order chi connectivity index (χ1) is 7.59. The van der Waals surface area contributed by atoms with Crippen LogP contribution in [0.3, 0.4) is 0 Å². The van der Waals surface area contributed by atoms with Gasteiger partial charge in [-0.2, -0.15) is 0 Å². The van der Waals surface area contributed by atoms with E-state index in [-0.39, 0.29) is 10.6 Å². The molecule has 0 radical (unpaired) electrons. The zero-order valence-electron chi connectivity index (χ0n) is 9.13. The molecule has 0 amide bonds. The lowest BCUT2D eigenvalue weighted by Gasteiger charge is -2.15. The van der Waals surface area contributed by atoms with Crippen molar-refractivity contribution in [3.63, 3.8) is 0 Å². The Morgan fingerprint density at radius 3 is 2.38 bits per heavy atom. The number of benzene rings is 1. The molecule has 2 aromatic rings. The van der Waals surface area contributed by atoms with Crippen LogP contribution in [-0.2, 0) is 0 Å². The van der Waals surface area contributed by atoms with Gasteiger partial charge in [-0.15, -0.1) is 11.3 Å². The van der Waals surface area contributed by atoms with Crippen LogP contribution in [0.4, 0.5) is 4.39 Å². The summed E-state index contributed by atoms with van der Waals surface area (Å²) in [5.41, 5.74) is 3.16. The lowest BCUT2D eigenvalue weighted by Crippen LogP contribution is -1.98. The Morgan fingerprint density at radius 1 is 1.25 bits per heavy atom. The average molecular weight is 299 g/mol. The molecule has 1 unspecified atom stereocenters. The Hall–Kier alpha value is -0.670. The van der Waals surface area contributed by atoms with Crippen LogP contribution in [-0.4, -0.2) is 0 Å².